The Morgan fingerprint density at radius 1 is 1.19 bits per heavy atom. The number of aliphatic carboxylic acids is 1. The molecule has 112 valence electrons. The zero-order chi connectivity index (χ0) is 15.1. The summed E-state index contributed by atoms with van der Waals surface area (Å²) in [5.41, 5.74) is 1.11. The van der Waals surface area contributed by atoms with Crippen LogP contribution in [0.25, 0.3) is 0 Å². The summed E-state index contributed by atoms with van der Waals surface area (Å²) in [7, 11) is 0. The van der Waals surface area contributed by atoms with Crippen LogP contribution < -0.4 is 0 Å². The normalized spacial score (nSPS) is 12.5. The summed E-state index contributed by atoms with van der Waals surface area (Å²) in [6.45, 7) is 1.49. The van der Waals surface area contributed by atoms with Crippen LogP contribution in [0.3, 0.4) is 0 Å². The van der Waals surface area contributed by atoms with E-state index in [1.807, 2.05) is 52.7 Å². The molecule has 0 aliphatic heterocycles. The van der Waals surface area contributed by atoms with Crippen molar-refractivity contribution in [1.82, 2.24) is 4.90 Å². The first-order chi connectivity index (χ1) is 10.1. The number of carbonyl (C=O) groups is 1. The molecule has 0 fully saturated rings. The molecule has 2 aromatic rings. The number of nitrogens with zero attached hydrogens (tertiary/aromatic N) is 1. The molecule has 0 saturated carbocycles. The summed E-state index contributed by atoms with van der Waals surface area (Å²) in [6.07, 6.45) is -0.508. The van der Waals surface area contributed by atoms with Crippen molar-refractivity contribution in [2.45, 2.75) is 19.1 Å². The molecule has 0 spiro atoms. The lowest BCUT2D eigenvalue weighted by Gasteiger charge is -2.24. The number of carboxylic acids is 1. The molecule has 0 aliphatic carbocycles. The van der Waals surface area contributed by atoms with E-state index < -0.39 is 12.1 Å². The van der Waals surface area contributed by atoms with Crippen molar-refractivity contribution < 1.29 is 15.0 Å². The van der Waals surface area contributed by atoms with Crippen molar-refractivity contribution in [2.24, 2.45) is 0 Å². The molecule has 0 radical (unpaired) electrons. The topological polar surface area (TPSA) is 60.8 Å². The van der Waals surface area contributed by atoms with Crippen LogP contribution in [0.5, 0.6) is 0 Å². The summed E-state index contributed by atoms with van der Waals surface area (Å²) in [5, 5.41) is 21.0. The lowest BCUT2D eigenvalue weighted by atomic mass is 10.2. The smallest absolute Gasteiger partial charge is 0.304 e. The van der Waals surface area contributed by atoms with Crippen molar-refractivity contribution in [2.75, 3.05) is 13.1 Å². The number of thiophene rings is 1. The summed E-state index contributed by atoms with van der Waals surface area (Å²) < 4.78 is 0. The van der Waals surface area contributed by atoms with E-state index in [-0.39, 0.29) is 6.42 Å². The molecule has 1 aromatic heterocycles. The zero-order valence-corrected chi connectivity index (χ0v) is 12.5. The Hall–Kier alpha value is -1.69. The number of carboxylic acid groups (broad SMARTS) is 1. The van der Waals surface area contributed by atoms with Crippen LogP contribution in [0.4, 0.5) is 0 Å². The molecular weight excluding hydrogens is 286 g/mol. The molecule has 1 aromatic carbocycles. The van der Waals surface area contributed by atoms with Crippen LogP contribution in [-0.2, 0) is 11.3 Å². The Labute approximate surface area is 128 Å². The fourth-order valence-corrected chi connectivity index (χ4v) is 2.85. The third-order valence-electron chi connectivity index (χ3n) is 3.19. The van der Waals surface area contributed by atoms with Crippen LogP contribution in [-0.4, -0.2) is 34.2 Å². The van der Waals surface area contributed by atoms with E-state index in [1.165, 1.54) is 11.3 Å². The molecular formula is C16H19NO3S. The summed E-state index contributed by atoms with van der Waals surface area (Å²) in [5.74, 6) is -0.821. The van der Waals surface area contributed by atoms with Gasteiger partial charge in [0.2, 0.25) is 0 Å². The summed E-state index contributed by atoms with van der Waals surface area (Å²) in [4.78, 5) is 13.7. The van der Waals surface area contributed by atoms with E-state index in [1.54, 1.807) is 0 Å². The largest absolute Gasteiger partial charge is 0.481 e. The van der Waals surface area contributed by atoms with Gasteiger partial charge in [-0.2, -0.15) is 0 Å². The van der Waals surface area contributed by atoms with Crippen LogP contribution in [0.2, 0.25) is 0 Å². The Balaban J connectivity index is 1.99. The fourth-order valence-electron chi connectivity index (χ4n) is 2.15. The molecule has 2 rings (SSSR count). The Morgan fingerprint density at radius 2 is 1.95 bits per heavy atom. The number of hydrogen-bond acceptors (Lipinski definition) is 4. The SMILES string of the molecule is O=C(O)CCN(Cc1ccccc1)CC(O)c1cccs1. The van der Waals surface area contributed by atoms with Gasteiger partial charge in [0.1, 0.15) is 6.10 Å². The molecule has 2 N–H and O–H groups in total. The Bertz CT molecular complexity index is 542. The molecule has 1 atom stereocenters. The minimum Gasteiger partial charge on any atom is -0.481 e. The van der Waals surface area contributed by atoms with Crippen molar-refractivity contribution in [1.29, 1.82) is 0 Å². The highest BCUT2D eigenvalue weighted by Gasteiger charge is 2.15. The molecule has 0 aliphatic rings. The predicted molar refractivity (Wildman–Crippen MR) is 83.3 cm³/mol. The maximum Gasteiger partial charge on any atom is 0.304 e. The average molecular weight is 305 g/mol. The van der Waals surface area contributed by atoms with Crippen LogP contribution in [0.1, 0.15) is 23.0 Å². The molecule has 1 unspecified atom stereocenters. The minimum atomic E-state index is -0.821. The zero-order valence-electron chi connectivity index (χ0n) is 11.7. The lowest BCUT2D eigenvalue weighted by molar-refractivity contribution is -0.137. The van der Waals surface area contributed by atoms with Gasteiger partial charge in [0, 0.05) is 24.5 Å². The van der Waals surface area contributed by atoms with E-state index >= 15 is 0 Å². The van der Waals surface area contributed by atoms with Crippen molar-refractivity contribution in [3.8, 4) is 0 Å². The lowest BCUT2D eigenvalue weighted by Crippen LogP contribution is -2.30. The van der Waals surface area contributed by atoms with Gasteiger partial charge in [0.15, 0.2) is 0 Å². The van der Waals surface area contributed by atoms with E-state index in [4.69, 9.17) is 5.11 Å². The van der Waals surface area contributed by atoms with Gasteiger partial charge >= 0.3 is 5.97 Å². The van der Waals surface area contributed by atoms with Crippen molar-refractivity contribution >= 4 is 17.3 Å². The van der Waals surface area contributed by atoms with E-state index in [0.717, 1.165) is 10.4 Å². The first-order valence-corrected chi connectivity index (χ1v) is 7.72. The quantitative estimate of drug-likeness (QED) is 0.787. The number of aliphatic hydroxyl groups excluding tert-OH is 1. The Kier molecular flexibility index (Phi) is 5.92. The van der Waals surface area contributed by atoms with Crippen LogP contribution >= 0.6 is 11.3 Å². The van der Waals surface area contributed by atoms with Crippen LogP contribution in [0, 0.1) is 0 Å². The standard InChI is InChI=1S/C16H19NO3S/c18-14(15-7-4-10-21-15)12-17(9-8-16(19)20)11-13-5-2-1-3-6-13/h1-7,10,14,18H,8-9,11-12H2,(H,19,20). The summed E-state index contributed by atoms with van der Waals surface area (Å²) in [6, 6.07) is 13.7. The first kappa shape index (κ1) is 15.7. The molecule has 0 amide bonds. The minimum absolute atomic E-state index is 0.0734. The first-order valence-electron chi connectivity index (χ1n) is 6.84. The highest BCUT2D eigenvalue weighted by Crippen LogP contribution is 2.20. The molecule has 21 heavy (non-hydrogen) atoms. The maximum absolute atomic E-state index is 10.8. The van der Waals surface area contributed by atoms with Gasteiger partial charge in [-0.1, -0.05) is 36.4 Å². The van der Waals surface area contributed by atoms with Gasteiger partial charge in [-0.05, 0) is 17.0 Å². The summed E-state index contributed by atoms with van der Waals surface area (Å²) >= 11 is 1.51. The predicted octanol–water partition coefficient (Wildman–Crippen LogP) is 2.76. The van der Waals surface area contributed by atoms with Gasteiger partial charge in [-0.25, -0.2) is 0 Å². The second-order valence-electron chi connectivity index (χ2n) is 4.90. The molecule has 0 saturated heterocycles. The van der Waals surface area contributed by atoms with Crippen molar-refractivity contribution in [3.63, 3.8) is 0 Å². The average Bonchev–Trinajstić information content (AvgIpc) is 3.00. The van der Waals surface area contributed by atoms with Gasteiger partial charge in [-0.3, -0.25) is 9.69 Å². The van der Waals surface area contributed by atoms with Gasteiger partial charge in [-0.15, -0.1) is 11.3 Å². The highest BCUT2D eigenvalue weighted by atomic mass is 32.1. The monoisotopic (exact) mass is 305 g/mol. The van der Waals surface area contributed by atoms with E-state index in [9.17, 15) is 9.90 Å². The number of aliphatic hydroxyl groups is 1. The van der Waals surface area contributed by atoms with Gasteiger partial charge < -0.3 is 10.2 Å². The Morgan fingerprint density at radius 3 is 2.57 bits per heavy atom. The molecule has 4 nitrogen and oxygen atoms in total. The number of rotatable bonds is 8. The van der Waals surface area contributed by atoms with E-state index in [2.05, 4.69) is 0 Å². The van der Waals surface area contributed by atoms with Crippen LogP contribution in [0.15, 0.2) is 47.8 Å². The molecule has 5 heteroatoms. The van der Waals surface area contributed by atoms with E-state index in [0.29, 0.717) is 19.6 Å². The third kappa shape index (κ3) is 5.30. The highest BCUT2D eigenvalue weighted by molar-refractivity contribution is 7.10. The number of benzene rings is 1. The van der Waals surface area contributed by atoms with Gasteiger partial charge in [0.05, 0.1) is 6.42 Å². The second kappa shape index (κ2) is 7.93. The fraction of sp³-hybridized carbons (Fsp3) is 0.312. The molecule has 1 heterocycles. The molecule has 0 bridgehead atoms. The van der Waals surface area contributed by atoms with Gasteiger partial charge in [0.25, 0.3) is 0 Å². The second-order valence-corrected chi connectivity index (χ2v) is 5.87. The third-order valence-corrected chi connectivity index (χ3v) is 4.17. The van der Waals surface area contributed by atoms with Crippen molar-refractivity contribution in [3.05, 3.63) is 58.3 Å². The number of hydrogen-bond donors (Lipinski definition) is 2. The maximum atomic E-state index is 10.8.